The van der Waals surface area contributed by atoms with E-state index in [0.29, 0.717) is 6.04 Å². The normalized spacial score (nSPS) is 12.6. The molecule has 0 fully saturated rings. The fourth-order valence-electron chi connectivity index (χ4n) is 1.85. The van der Waals surface area contributed by atoms with Gasteiger partial charge in [-0.25, -0.2) is 0 Å². The molecule has 1 aromatic carbocycles. The molecule has 0 bridgehead atoms. The van der Waals surface area contributed by atoms with E-state index < -0.39 is 0 Å². The molecule has 2 rings (SSSR count). The lowest BCUT2D eigenvalue weighted by atomic mass is 10.0. The minimum Gasteiger partial charge on any atom is -0.453 e. The summed E-state index contributed by atoms with van der Waals surface area (Å²) in [5, 5.41) is 3.50. The third-order valence-corrected chi connectivity index (χ3v) is 3.19. The van der Waals surface area contributed by atoms with Crippen LogP contribution in [0.3, 0.4) is 0 Å². The fraction of sp³-hybridized carbons (Fsp3) is 0.286. The molecule has 1 N–H and O–H groups in total. The van der Waals surface area contributed by atoms with Gasteiger partial charge in [-0.2, -0.15) is 0 Å². The zero-order chi connectivity index (χ0) is 12.1. The van der Waals surface area contributed by atoms with E-state index in [2.05, 4.69) is 52.4 Å². The predicted octanol–water partition coefficient (Wildman–Crippen LogP) is 4.28. The van der Waals surface area contributed by atoms with Crippen LogP contribution in [0.2, 0.25) is 0 Å². The molecule has 0 aliphatic rings. The Hall–Kier alpha value is -1.06. The highest BCUT2D eigenvalue weighted by Crippen LogP contribution is 2.18. The van der Waals surface area contributed by atoms with E-state index in [4.69, 9.17) is 4.42 Å². The molecule has 0 aliphatic heterocycles. The van der Waals surface area contributed by atoms with Crippen molar-refractivity contribution in [2.75, 3.05) is 0 Å². The highest BCUT2D eigenvalue weighted by molar-refractivity contribution is 9.10. The minimum atomic E-state index is 0.375. The van der Waals surface area contributed by atoms with Crippen LogP contribution in [0.15, 0.2) is 51.6 Å². The highest BCUT2D eigenvalue weighted by Gasteiger charge is 2.08. The Morgan fingerprint density at radius 1 is 1.18 bits per heavy atom. The SMILES string of the molecule is CCC(NCc1ccc(Br)o1)c1ccccc1. The zero-order valence-electron chi connectivity index (χ0n) is 9.82. The molecular weight excluding hydrogens is 278 g/mol. The average Bonchev–Trinajstić information content (AvgIpc) is 2.77. The van der Waals surface area contributed by atoms with Gasteiger partial charge < -0.3 is 9.73 Å². The Balaban J connectivity index is 1.97. The zero-order valence-corrected chi connectivity index (χ0v) is 11.4. The van der Waals surface area contributed by atoms with Crippen molar-refractivity contribution in [2.24, 2.45) is 0 Å². The molecular formula is C14H16BrNO. The summed E-state index contributed by atoms with van der Waals surface area (Å²) < 4.78 is 6.25. The molecule has 0 radical (unpaired) electrons. The Morgan fingerprint density at radius 2 is 1.94 bits per heavy atom. The Morgan fingerprint density at radius 3 is 2.53 bits per heavy atom. The van der Waals surface area contributed by atoms with Gasteiger partial charge in [0.1, 0.15) is 5.76 Å². The van der Waals surface area contributed by atoms with Crippen molar-refractivity contribution in [3.8, 4) is 0 Å². The number of nitrogens with one attached hydrogen (secondary N) is 1. The van der Waals surface area contributed by atoms with E-state index >= 15 is 0 Å². The second kappa shape index (κ2) is 6.03. The first-order valence-corrected chi connectivity index (χ1v) is 6.61. The number of hydrogen-bond acceptors (Lipinski definition) is 2. The minimum absolute atomic E-state index is 0.375. The third kappa shape index (κ3) is 3.45. The van der Waals surface area contributed by atoms with E-state index in [9.17, 15) is 0 Å². The lowest BCUT2D eigenvalue weighted by Crippen LogP contribution is -2.19. The van der Waals surface area contributed by atoms with Gasteiger partial charge >= 0.3 is 0 Å². The Labute approximate surface area is 110 Å². The number of halogens is 1. The van der Waals surface area contributed by atoms with E-state index in [1.807, 2.05) is 18.2 Å². The maximum atomic E-state index is 5.47. The van der Waals surface area contributed by atoms with Crippen molar-refractivity contribution in [3.63, 3.8) is 0 Å². The van der Waals surface area contributed by atoms with Crippen molar-refractivity contribution in [1.82, 2.24) is 5.32 Å². The number of furan rings is 1. The van der Waals surface area contributed by atoms with Crippen LogP contribution in [-0.2, 0) is 6.54 Å². The molecule has 0 spiro atoms. The van der Waals surface area contributed by atoms with E-state index in [-0.39, 0.29) is 0 Å². The van der Waals surface area contributed by atoms with Gasteiger partial charge in [-0.3, -0.25) is 0 Å². The highest BCUT2D eigenvalue weighted by atomic mass is 79.9. The number of benzene rings is 1. The van der Waals surface area contributed by atoms with Gasteiger partial charge in [0, 0.05) is 6.04 Å². The van der Waals surface area contributed by atoms with Crippen molar-refractivity contribution in [1.29, 1.82) is 0 Å². The summed E-state index contributed by atoms with van der Waals surface area (Å²) >= 11 is 3.31. The van der Waals surface area contributed by atoms with Crippen LogP contribution in [0, 0.1) is 0 Å². The molecule has 2 nitrogen and oxygen atoms in total. The van der Waals surface area contributed by atoms with Crippen LogP contribution in [0.5, 0.6) is 0 Å². The summed E-state index contributed by atoms with van der Waals surface area (Å²) in [5.74, 6) is 0.950. The first-order valence-electron chi connectivity index (χ1n) is 5.82. The molecule has 1 unspecified atom stereocenters. The van der Waals surface area contributed by atoms with Crippen LogP contribution in [0.1, 0.15) is 30.7 Å². The van der Waals surface area contributed by atoms with Gasteiger partial charge in [-0.1, -0.05) is 37.3 Å². The summed E-state index contributed by atoms with van der Waals surface area (Å²) in [6, 6.07) is 14.8. The molecule has 0 aliphatic carbocycles. The third-order valence-electron chi connectivity index (χ3n) is 2.76. The second-order valence-electron chi connectivity index (χ2n) is 3.96. The monoisotopic (exact) mass is 293 g/mol. The summed E-state index contributed by atoms with van der Waals surface area (Å²) in [7, 11) is 0. The van der Waals surface area contributed by atoms with Crippen molar-refractivity contribution < 1.29 is 4.42 Å². The summed E-state index contributed by atoms with van der Waals surface area (Å²) in [4.78, 5) is 0. The summed E-state index contributed by atoms with van der Waals surface area (Å²) in [5.41, 5.74) is 1.32. The molecule has 1 aromatic heterocycles. The quantitative estimate of drug-likeness (QED) is 0.890. The van der Waals surface area contributed by atoms with Gasteiger partial charge in [-0.15, -0.1) is 0 Å². The van der Waals surface area contributed by atoms with Crippen LogP contribution in [-0.4, -0.2) is 0 Å². The lowest BCUT2D eigenvalue weighted by molar-refractivity contribution is 0.433. The Bertz CT molecular complexity index is 452. The standard InChI is InChI=1S/C14H16BrNO/c1-2-13(11-6-4-3-5-7-11)16-10-12-8-9-14(15)17-12/h3-9,13,16H,2,10H2,1H3. The smallest absolute Gasteiger partial charge is 0.169 e. The fourth-order valence-corrected chi connectivity index (χ4v) is 2.19. The molecule has 17 heavy (non-hydrogen) atoms. The summed E-state index contributed by atoms with van der Waals surface area (Å²) in [6.45, 7) is 2.93. The van der Waals surface area contributed by atoms with Gasteiger partial charge in [0.2, 0.25) is 0 Å². The molecule has 0 saturated heterocycles. The maximum absolute atomic E-state index is 5.47. The van der Waals surface area contributed by atoms with Gasteiger partial charge in [-0.05, 0) is 40.0 Å². The number of rotatable bonds is 5. The van der Waals surface area contributed by atoms with Crippen LogP contribution in [0.4, 0.5) is 0 Å². The molecule has 1 heterocycles. The predicted molar refractivity (Wildman–Crippen MR) is 72.7 cm³/mol. The van der Waals surface area contributed by atoms with E-state index in [1.54, 1.807) is 0 Å². The first-order chi connectivity index (χ1) is 8.29. The van der Waals surface area contributed by atoms with Crippen LogP contribution >= 0.6 is 15.9 Å². The Kier molecular flexibility index (Phi) is 4.40. The van der Waals surface area contributed by atoms with E-state index in [1.165, 1.54) is 5.56 Å². The second-order valence-corrected chi connectivity index (χ2v) is 4.74. The van der Waals surface area contributed by atoms with Gasteiger partial charge in [0.25, 0.3) is 0 Å². The lowest BCUT2D eigenvalue weighted by Gasteiger charge is -2.16. The van der Waals surface area contributed by atoms with Crippen LogP contribution in [0.25, 0.3) is 0 Å². The molecule has 3 heteroatoms. The molecule has 90 valence electrons. The molecule has 1 atom stereocenters. The van der Waals surface area contributed by atoms with Crippen LogP contribution < -0.4 is 5.32 Å². The number of hydrogen-bond donors (Lipinski definition) is 1. The average molecular weight is 294 g/mol. The first kappa shape index (κ1) is 12.4. The van der Waals surface area contributed by atoms with E-state index in [0.717, 1.165) is 23.4 Å². The van der Waals surface area contributed by atoms with Gasteiger partial charge in [0.05, 0.1) is 6.54 Å². The van der Waals surface area contributed by atoms with Crippen molar-refractivity contribution in [3.05, 3.63) is 58.5 Å². The maximum Gasteiger partial charge on any atom is 0.169 e. The molecule has 0 amide bonds. The van der Waals surface area contributed by atoms with Crippen molar-refractivity contribution >= 4 is 15.9 Å². The van der Waals surface area contributed by atoms with Crippen molar-refractivity contribution in [2.45, 2.75) is 25.9 Å². The topological polar surface area (TPSA) is 25.2 Å². The van der Waals surface area contributed by atoms with Gasteiger partial charge in [0.15, 0.2) is 4.67 Å². The molecule has 2 aromatic rings. The largest absolute Gasteiger partial charge is 0.453 e. The molecule has 0 saturated carbocycles. The summed E-state index contributed by atoms with van der Waals surface area (Å²) in [6.07, 6.45) is 1.06.